The summed E-state index contributed by atoms with van der Waals surface area (Å²) in [7, 11) is 0. The van der Waals surface area contributed by atoms with Crippen LogP contribution in [-0.2, 0) is 0 Å². The van der Waals surface area contributed by atoms with Gasteiger partial charge < -0.3 is 8.83 Å². The van der Waals surface area contributed by atoms with E-state index in [1.165, 1.54) is 14.8 Å². The van der Waals surface area contributed by atoms with Crippen LogP contribution in [0.3, 0.4) is 0 Å². The zero-order valence-electron chi connectivity index (χ0n) is 29.2. The van der Waals surface area contributed by atoms with Crippen LogP contribution >= 0.6 is 11.3 Å². The van der Waals surface area contributed by atoms with Gasteiger partial charge in [-0.1, -0.05) is 127 Å². The summed E-state index contributed by atoms with van der Waals surface area (Å²) < 4.78 is 15.3. The highest BCUT2D eigenvalue weighted by Gasteiger charge is 2.21. The number of furan rings is 2. The first-order valence-corrected chi connectivity index (χ1v) is 19.1. The summed E-state index contributed by atoms with van der Waals surface area (Å²) in [5.74, 6) is 1.82. The van der Waals surface area contributed by atoms with Crippen molar-refractivity contribution in [2.45, 2.75) is 0 Å². The smallest absolute Gasteiger partial charge is 0.164 e. The highest BCUT2D eigenvalue weighted by atomic mass is 32.1. The van der Waals surface area contributed by atoms with Crippen molar-refractivity contribution in [2.24, 2.45) is 0 Å². The topological polar surface area (TPSA) is 65.0 Å². The van der Waals surface area contributed by atoms with Gasteiger partial charge in [0.25, 0.3) is 0 Å². The Hall–Kier alpha value is -7.15. The van der Waals surface area contributed by atoms with Gasteiger partial charge in [-0.15, -0.1) is 11.3 Å². The number of hydrogen-bond donors (Lipinski definition) is 0. The maximum atomic E-state index is 6.66. The van der Waals surface area contributed by atoms with Crippen LogP contribution in [0.1, 0.15) is 0 Å². The van der Waals surface area contributed by atoms with E-state index in [1.54, 1.807) is 11.3 Å². The van der Waals surface area contributed by atoms with Gasteiger partial charge in [-0.25, -0.2) is 15.0 Å². The van der Waals surface area contributed by atoms with Crippen molar-refractivity contribution in [3.05, 3.63) is 164 Å². The predicted octanol–water partition coefficient (Wildman–Crippen LogP) is 13.9. The molecule has 0 radical (unpaired) electrons. The van der Waals surface area contributed by atoms with Crippen LogP contribution in [0.2, 0.25) is 0 Å². The summed E-state index contributed by atoms with van der Waals surface area (Å²) in [6.07, 6.45) is 0. The second kappa shape index (κ2) is 11.7. The molecule has 0 fully saturated rings. The van der Waals surface area contributed by atoms with Gasteiger partial charge in [0.1, 0.15) is 22.3 Å². The van der Waals surface area contributed by atoms with E-state index in [1.807, 2.05) is 30.3 Å². The first-order valence-electron chi connectivity index (χ1n) is 18.3. The average Bonchev–Trinajstić information content (AvgIpc) is 3.95. The summed E-state index contributed by atoms with van der Waals surface area (Å²) >= 11 is 1.79. The van der Waals surface area contributed by atoms with E-state index in [9.17, 15) is 0 Å². The van der Waals surface area contributed by atoms with E-state index >= 15 is 0 Å². The van der Waals surface area contributed by atoms with Crippen LogP contribution in [0.4, 0.5) is 0 Å². The van der Waals surface area contributed by atoms with Crippen LogP contribution in [0.5, 0.6) is 0 Å². The molecule has 6 heteroatoms. The number of rotatable bonds is 4. The molecule has 0 spiro atoms. The minimum atomic E-state index is 0.589. The van der Waals surface area contributed by atoms with Crippen LogP contribution in [0, 0.1) is 0 Å². The molecular weight excluding hydrogens is 695 g/mol. The van der Waals surface area contributed by atoms with Crippen LogP contribution in [-0.4, -0.2) is 15.0 Å². The molecule has 0 amide bonds. The van der Waals surface area contributed by atoms with E-state index in [0.29, 0.717) is 17.5 Å². The molecular formula is C49H27N3O2S. The molecule has 256 valence electrons. The van der Waals surface area contributed by atoms with Gasteiger partial charge in [0, 0.05) is 64.0 Å². The van der Waals surface area contributed by atoms with Crippen molar-refractivity contribution < 1.29 is 8.83 Å². The molecule has 0 aliphatic rings. The van der Waals surface area contributed by atoms with Crippen LogP contribution in [0.25, 0.3) is 120 Å². The summed E-state index contributed by atoms with van der Waals surface area (Å²) in [6, 6.07) is 56.7. The number of hydrogen-bond acceptors (Lipinski definition) is 6. The van der Waals surface area contributed by atoms with Gasteiger partial charge in [-0.05, 0) is 52.7 Å². The Morgan fingerprint density at radius 2 is 1.02 bits per heavy atom. The molecule has 0 saturated heterocycles. The summed E-state index contributed by atoms with van der Waals surface area (Å²) in [4.78, 5) is 15.9. The lowest BCUT2D eigenvalue weighted by Gasteiger charge is -2.11. The fraction of sp³-hybridized carbons (Fsp3) is 0. The Morgan fingerprint density at radius 1 is 0.364 bits per heavy atom. The van der Waals surface area contributed by atoms with Crippen molar-refractivity contribution in [3.8, 4) is 45.3 Å². The van der Waals surface area contributed by atoms with Gasteiger partial charge in [-0.2, -0.15) is 0 Å². The summed E-state index contributed by atoms with van der Waals surface area (Å²) in [6.45, 7) is 0. The fourth-order valence-electron chi connectivity index (χ4n) is 8.28. The Bertz CT molecular complexity index is 3510. The predicted molar refractivity (Wildman–Crippen MR) is 227 cm³/mol. The van der Waals surface area contributed by atoms with E-state index in [4.69, 9.17) is 23.8 Å². The first kappa shape index (κ1) is 30.3. The minimum Gasteiger partial charge on any atom is -0.456 e. The average molecular weight is 722 g/mol. The molecule has 8 aromatic carbocycles. The second-order valence-corrected chi connectivity index (χ2v) is 15.0. The maximum absolute atomic E-state index is 6.66. The molecule has 0 saturated carbocycles. The first-order chi connectivity index (χ1) is 27.2. The Kier molecular flexibility index (Phi) is 6.44. The SMILES string of the molecule is c1ccc(-c2cccc3c2oc2cccc(-c4nc(-c5ccc6c(ccc7oc8ccccc8c76)c5)nc(-c5cccc6sc7ccccc7c56)n4)c23)cc1. The van der Waals surface area contributed by atoms with Crippen molar-refractivity contribution in [3.63, 3.8) is 0 Å². The standard InChI is InChI=1S/C49H27N3O2S/c1-2-11-28(12-3-1)32-15-8-16-35-44-36(17-9-20-39(44)54-46(32)35)48-50-47(51-49(52-48)37-18-10-22-42-45(37)34-14-5-7-21-41(34)55-42)30-23-25-31-29(27-30)24-26-40-43(31)33-13-4-6-19-38(33)53-40/h1-27H. The number of fused-ring (bicyclic) bond motifs is 11. The van der Waals surface area contributed by atoms with Gasteiger partial charge in [0.05, 0.1) is 0 Å². The largest absolute Gasteiger partial charge is 0.456 e. The van der Waals surface area contributed by atoms with E-state index in [2.05, 4.69) is 133 Å². The molecule has 0 bridgehead atoms. The lowest BCUT2D eigenvalue weighted by molar-refractivity contribution is 0.669. The highest BCUT2D eigenvalue weighted by Crippen LogP contribution is 2.43. The quantitative estimate of drug-likeness (QED) is 0.181. The third-order valence-electron chi connectivity index (χ3n) is 10.7. The molecule has 0 aliphatic carbocycles. The maximum Gasteiger partial charge on any atom is 0.164 e. The molecule has 12 aromatic rings. The molecule has 0 N–H and O–H groups in total. The number of aromatic nitrogens is 3. The zero-order chi connectivity index (χ0) is 36.0. The second-order valence-electron chi connectivity index (χ2n) is 13.9. The third kappa shape index (κ3) is 4.62. The monoisotopic (exact) mass is 721 g/mol. The van der Waals surface area contributed by atoms with Gasteiger partial charge in [0.15, 0.2) is 17.5 Å². The third-order valence-corrected chi connectivity index (χ3v) is 11.9. The molecule has 0 atom stereocenters. The Morgan fingerprint density at radius 3 is 1.91 bits per heavy atom. The number of benzene rings is 8. The fourth-order valence-corrected chi connectivity index (χ4v) is 9.41. The summed E-state index contributed by atoms with van der Waals surface area (Å²) in [5, 5.41) is 8.77. The molecule has 0 unspecified atom stereocenters. The number of para-hydroxylation sites is 2. The van der Waals surface area contributed by atoms with Crippen LogP contribution in [0.15, 0.2) is 173 Å². The minimum absolute atomic E-state index is 0.589. The molecule has 55 heavy (non-hydrogen) atoms. The van der Waals surface area contributed by atoms with Crippen LogP contribution < -0.4 is 0 Å². The lowest BCUT2D eigenvalue weighted by atomic mass is 10.00. The van der Waals surface area contributed by atoms with Gasteiger partial charge >= 0.3 is 0 Å². The number of thiophene rings is 1. The molecule has 5 nitrogen and oxygen atoms in total. The molecule has 4 heterocycles. The molecule has 12 rings (SSSR count). The van der Waals surface area contributed by atoms with Crippen molar-refractivity contribution in [1.29, 1.82) is 0 Å². The summed E-state index contributed by atoms with van der Waals surface area (Å²) in [5.41, 5.74) is 8.30. The van der Waals surface area contributed by atoms with Gasteiger partial charge in [0.2, 0.25) is 0 Å². The van der Waals surface area contributed by atoms with Crippen molar-refractivity contribution in [1.82, 2.24) is 15.0 Å². The van der Waals surface area contributed by atoms with E-state index in [-0.39, 0.29) is 0 Å². The van der Waals surface area contributed by atoms with Crippen molar-refractivity contribution >= 4 is 86.2 Å². The Balaban J connectivity index is 1.12. The van der Waals surface area contributed by atoms with Gasteiger partial charge in [-0.3, -0.25) is 0 Å². The van der Waals surface area contributed by atoms with E-state index in [0.717, 1.165) is 87.9 Å². The highest BCUT2D eigenvalue weighted by molar-refractivity contribution is 7.25. The molecule has 0 aliphatic heterocycles. The molecule has 4 aromatic heterocycles. The van der Waals surface area contributed by atoms with E-state index < -0.39 is 0 Å². The van der Waals surface area contributed by atoms with Crippen molar-refractivity contribution in [2.75, 3.05) is 0 Å². The lowest BCUT2D eigenvalue weighted by Crippen LogP contribution is -2.00. The zero-order valence-corrected chi connectivity index (χ0v) is 30.0. The normalized spacial score (nSPS) is 12.0. The Labute approximate surface area is 317 Å². The number of nitrogens with zero attached hydrogens (tertiary/aromatic N) is 3.